The summed E-state index contributed by atoms with van der Waals surface area (Å²) < 4.78 is 1.89. The Hall–Kier alpha value is -4.20. The number of fused-ring (bicyclic) bond motifs is 2. The number of likely N-dealkylation sites (tertiary alicyclic amines) is 1. The summed E-state index contributed by atoms with van der Waals surface area (Å²) in [6.45, 7) is 6.60. The smallest absolute Gasteiger partial charge is 0.260 e. The van der Waals surface area contributed by atoms with E-state index in [1.807, 2.05) is 47.2 Å². The van der Waals surface area contributed by atoms with E-state index < -0.39 is 0 Å². The van der Waals surface area contributed by atoms with E-state index in [1.165, 1.54) is 35.4 Å². The summed E-state index contributed by atoms with van der Waals surface area (Å²) in [7, 11) is 2.20. The van der Waals surface area contributed by atoms with Crippen molar-refractivity contribution >= 4 is 40.0 Å². The van der Waals surface area contributed by atoms with Crippen LogP contribution in [-0.2, 0) is 6.42 Å². The standard InChI is InChI=1S/C36H35N5OS/c1-24(25-9-4-3-5-10-25)32-20-29-21-37-36(38-30-16-14-26(15-17-30)28-12-8-18-40(2)22-28)39-34(29)41(35(32)42)31-19-27-11-6-7-13-33(27)43-23-31/h3-7,9-11,13-17,20-21,28,31H,1,8,12,18-19,22-23H2,2H3,(H,37,38,39). The Kier molecular flexibility index (Phi) is 7.59. The van der Waals surface area contributed by atoms with Gasteiger partial charge in [0.25, 0.3) is 5.56 Å². The van der Waals surface area contributed by atoms with Crippen LogP contribution in [-0.4, -0.2) is 45.3 Å². The highest BCUT2D eigenvalue weighted by Gasteiger charge is 2.26. The number of nitrogens with zero attached hydrogens (tertiary/aromatic N) is 4. The number of likely N-dealkylation sites (N-methyl/N-ethyl adjacent to an activating group) is 1. The first-order valence-corrected chi connectivity index (χ1v) is 16.0. The van der Waals surface area contributed by atoms with Crippen molar-refractivity contribution in [3.63, 3.8) is 0 Å². The molecular formula is C36H35N5OS. The number of thioether (sulfide) groups is 1. The van der Waals surface area contributed by atoms with Gasteiger partial charge in [0.15, 0.2) is 0 Å². The van der Waals surface area contributed by atoms with Crippen LogP contribution in [0, 0.1) is 0 Å². The topological polar surface area (TPSA) is 63.1 Å². The highest BCUT2D eigenvalue weighted by Crippen LogP contribution is 2.36. The molecule has 5 aromatic rings. The van der Waals surface area contributed by atoms with Gasteiger partial charge in [-0.3, -0.25) is 9.36 Å². The third-order valence-electron chi connectivity index (χ3n) is 8.71. The number of anilines is 2. The molecule has 3 aromatic carbocycles. The second-order valence-corrected chi connectivity index (χ2v) is 12.7. The first-order valence-electron chi connectivity index (χ1n) is 15.0. The van der Waals surface area contributed by atoms with Crippen LogP contribution in [0.5, 0.6) is 0 Å². The van der Waals surface area contributed by atoms with Crippen molar-refractivity contribution in [1.82, 2.24) is 19.4 Å². The van der Waals surface area contributed by atoms with E-state index in [4.69, 9.17) is 4.98 Å². The summed E-state index contributed by atoms with van der Waals surface area (Å²) in [5.41, 5.74) is 6.33. The molecule has 1 fully saturated rings. The van der Waals surface area contributed by atoms with E-state index >= 15 is 0 Å². The van der Waals surface area contributed by atoms with Crippen molar-refractivity contribution in [3.05, 3.63) is 130 Å². The number of benzene rings is 3. The third-order valence-corrected chi connectivity index (χ3v) is 9.97. The molecule has 6 nitrogen and oxygen atoms in total. The summed E-state index contributed by atoms with van der Waals surface area (Å²) in [4.78, 5) is 27.6. The SMILES string of the molecule is C=C(c1ccccc1)c1cc2cnc(Nc3ccc(C4CCCN(C)C4)cc3)nc2n(C2CSc3ccccc3C2)c1=O. The lowest BCUT2D eigenvalue weighted by atomic mass is 9.91. The fraction of sp³-hybridized carbons (Fsp3) is 0.250. The molecule has 0 saturated carbocycles. The zero-order valence-electron chi connectivity index (χ0n) is 24.4. The van der Waals surface area contributed by atoms with Crippen LogP contribution in [0.15, 0.2) is 107 Å². The van der Waals surface area contributed by atoms with Crippen molar-refractivity contribution in [2.75, 3.05) is 31.2 Å². The highest BCUT2D eigenvalue weighted by molar-refractivity contribution is 7.99. The molecule has 0 spiro atoms. The van der Waals surface area contributed by atoms with Crippen molar-refractivity contribution in [2.45, 2.75) is 36.1 Å². The number of rotatable bonds is 6. The van der Waals surface area contributed by atoms with Crippen LogP contribution in [0.3, 0.4) is 0 Å². The van der Waals surface area contributed by atoms with E-state index in [0.717, 1.165) is 35.4 Å². The first-order chi connectivity index (χ1) is 21.0. The molecular weight excluding hydrogens is 550 g/mol. The summed E-state index contributed by atoms with van der Waals surface area (Å²) in [6, 6.07) is 28.8. The van der Waals surface area contributed by atoms with Gasteiger partial charge in [0.05, 0.1) is 6.04 Å². The fourth-order valence-electron chi connectivity index (χ4n) is 6.41. The maximum absolute atomic E-state index is 14.3. The molecule has 7 rings (SSSR count). The molecule has 2 aliphatic heterocycles. The maximum Gasteiger partial charge on any atom is 0.260 e. The van der Waals surface area contributed by atoms with E-state index in [0.29, 0.717) is 28.6 Å². The molecule has 0 radical (unpaired) electrons. The van der Waals surface area contributed by atoms with Gasteiger partial charge in [-0.2, -0.15) is 4.98 Å². The summed E-state index contributed by atoms with van der Waals surface area (Å²) in [5.74, 6) is 1.83. The highest BCUT2D eigenvalue weighted by atomic mass is 32.2. The molecule has 43 heavy (non-hydrogen) atoms. The lowest BCUT2D eigenvalue weighted by molar-refractivity contribution is 0.251. The average Bonchev–Trinajstić information content (AvgIpc) is 3.05. The molecule has 0 amide bonds. The Bertz CT molecular complexity index is 1850. The second-order valence-electron chi connectivity index (χ2n) is 11.7. The Morgan fingerprint density at radius 1 is 1.02 bits per heavy atom. The van der Waals surface area contributed by atoms with Gasteiger partial charge >= 0.3 is 0 Å². The minimum absolute atomic E-state index is 0.0471. The largest absolute Gasteiger partial charge is 0.324 e. The number of hydrogen-bond donors (Lipinski definition) is 1. The summed E-state index contributed by atoms with van der Waals surface area (Å²) >= 11 is 1.80. The molecule has 2 atom stereocenters. The van der Waals surface area contributed by atoms with E-state index in [9.17, 15) is 4.79 Å². The summed E-state index contributed by atoms with van der Waals surface area (Å²) in [5, 5.41) is 4.21. The third kappa shape index (κ3) is 5.63. The first kappa shape index (κ1) is 27.6. The lowest BCUT2D eigenvalue weighted by Crippen LogP contribution is -2.32. The van der Waals surface area contributed by atoms with Crippen LogP contribution in [0.1, 0.15) is 47.1 Å². The normalized spacial score (nSPS) is 18.7. The lowest BCUT2D eigenvalue weighted by Gasteiger charge is -2.30. The molecule has 0 aliphatic carbocycles. The van der Waals surface area contributed by atoms with Gasteiger partial charge in [-0.15, -0.1) is 11.8 Å². The van der Waals surface area contributed by atoms with Crippen LogP contribution in [0.25, 0.3) is 16.6 Å². The van der Waals surface area contributed by atoms with Crippen LogP contribution < -0.4 is 10.9 Å². The van der Waals surface area contributed by atoms with Crippen LogP contribution >= 0.6 is 11.8 Å². The minimum atomic E-state index is -0.0715. The zero-order valence-corrected chi connectivity index (χ0v) is 25.2. The quantitative estimate of drug-likeness (QED) is 0.226. The van der Waals surface area contributed by atoms with Gasteiger partial charge in [0.1, 0.15) is 5.65 Å². The molecule has 1 N–H and O–H groups in total. The molecule has 1 saturated heterocycles. The Morgan fingerprint density at radius 2 is 1.81 bits per heavy atom. The van der Waals surface area contributed by atoms with E-state index in [1.54, 1.807) is 11.8 Å². The second kappa shape index (κ2) is 11.8. The van der Waals surface area contributed by atoms with Crippen LogP contribution in [0.4, 0.5) is 11.6 Å². The van der Waals surface area contributed by atoms with Crippen molar-refractivity contribution in [2.24, 2.45) is 0 Å². The van der Waals surface area contributed by atoms with Crippen molar-refractivity contribution in [3.8, 4) is 0 Å². The van der Waals surface area contributed by atoms with Gasteiger partial charge < -0.3 is 10.2 Å². The number of aromatic nitrogens is 3. The van der Waals surface area contributed by atoms with E-state index in [2.05, 4.69) is 77.4 Å². The van der Waals surface area contributed by atoms with Gasteiger partial charge in [0, 0.05) is 40.0 Å². The van der Waals surface area contributed by atoms with Crippen molar-refractivity contribution in [1.29, 1.82) is 0 Å². The molecule has 2 aliphatic rings. The molecule has 2 aromatic heterocycles. The van der Waals surface area contributed by atoms with Crippen molar-refractivity contribution < 1.29 is 0 Å². The fourth-order valence-corrected chi connectivity index (χ4v) is 7.56. The maximum atomic E-state index is 14.3. The summed E-state index contributed by atoms with van der Waals surface area (Å²) in [6.07, 6.45) is 5.05. The molecule has 0 bridgehead atoms. The minimum Gasteiger partial charge on any atom is -0.324 e. The molecule has 4 heterocycles. The predicted molar refractivity (Wildman–Crippen MR) is 177 cm³/mol. The van der Waals surface area contributed by atoms with Gasteiger partial charge in [-0.1, -0.05) is 67.2 Å². The molecule has 2 unspecified atom stereocenters. The number of piperidine rings is 1. The number of pyridine rings is 1. The Morgan fingerprint density at radius 3 is 2.63 bits per heavy atom. The Labute approximate surface area is 256 Å². The van der Waals surface area contributed by atoms with Gasteiger partial charge in [0.2, 0.25) is 5.95 Å². The molecule has 7 heteroatoms. The average molecular weight is 586 g/mol. The molecule has 216 valence electrons. The predicted octanol–water partition coefficient (Wildman–Crippen LogP) is 7.30. The van der Waals surface area contributed by atoms with Gasteiger partial charge in [-0.05, 0) is 85.3 Å². The number of hydrogen-bond acceptors (Lipinski definition) is 6. The van der Waals surface area contributed by atoms with E-state index in [-0.39, 0.29) is 11.6 Å². The van der Waals surface area contributed by atoms with Crippen LogP contribution in [0.2, 0.25) is 0 Å². The zero-order chi connectivity index (χ0) is 29.3. The number of nitrogens with one attached hydrogen (secondary N) is 1. The monoisotopic (exact) mass is 585 g/mol. The van der Waals surface area contributed by atoms with Gasteiger partial charge in [-0.25, -0.2) is 4.98 Å². The Balaban J connectivity index is 1.26.